The Kier molecular flexibility index (Phi) is 27.9. The smallest absolute Gasteiger partial charge is 0.225 e. The summed E-state index contributed by atoms with van der Waals surface area (Å²) in [5, 5.41) is 0. The lowest BCUT2D eigenvalue weighted by Crippen LogP contribution is -2.34. The van der Waals surface area contributed by atoms with Crippen LogP contribution < -0.4 is 0 Å². The van der Waals surface area contributed by atoms with E-state index in [1.807, 2.05) is 0 Å². The van der Waals surface area contributed by atoms with Gasteiger partial charge >= 0.3 is 0 Å². The topological polar surface area (TPSA) is 128 Å². The summed E-state index contributed by atoms with van der Waals surface area (Å²) < 4.78 is 43.1. The predicted octanol–water partition coefficient (Wildman–Crippen LogP) is 0.392. The molecule has 0 saturated carbocycles. The predicted molar refractivity (Wildman–Crippen MR) is 135 cm³/mol. The largest absolute Gasteiger partial charge is 0.379 e. The molecule has 0 fully saturated rings. The third kappa shape index (κ3) is 25.9. The first-order chi connectivity index (χ1) is 18.1. The van der Waals surface area contributed by atoms with E-state index in [0.29, 0.717) is 119 Å². The van der Waals surface area contributed by atoms with E-state index in [0.717, 1.165) is 12.6 Å². The lowest BCUT2D eigenvalue weighted by atomic mass is 10.1. The number of amides is 1. The van der Waals surface area contributed by atoms with Crippen LogP contribution in [0.15, 0.2) is 0 Å². The first kappa shape index (κ1) is 35.5. The molecule has 37 heavy (non-hydrogen) atoms. The highest BCUT2D eigenvalue weighted by Crippen LogP contribution is 2.03. The van der Waals surface area contributed by atoms with Crippen LogP contribution in [0.25, 0.3) is 0 Å². The van der Waals surface area contributed by atoms with E-state index in [-0.39, 0.29) is 18.2 Å². The average Bonchev–Trinajstić information content (AvgIpc) is 2.90. The second kappa shape index (κ2) is 29.1. The van der Waals surface area contributed by atoms with Gasteiger partial charge in [-0.2, -0.15) is 0 Å². The summed E-state index contributed by atoms with van der Waals surface area (Å²) in [7, 11) is 1.70. The van der Waals surface area contributed by atoms with E-state index >= 15 is 0 Å². The van der Waals surface area contributed by atoms with E-state index in [9.17, 15) is 14.4 Å². The van der Waals surface area contributed by atoms with Crippen molar-refractivity contribution in [2.75, 3.05) is 119 Å². The van der Waals surface area contributed by atoms with Gasteiger partial charge in [0.15, 0.2) is 0 Å². The van der Waals surface area contributed by atoms with Crippen molar-refractivity contribution in [1.29, 1.82) is 0 Å². The van der Waals surface area contributed by atoms with Gasteiger partial charge in [-0.3, -0.25) is 4.79 Å². The van der Waals surface area contributed by atoms with Crippen LogP contribution in [0.3, 0.4) is 0 Å². The molecule has 1 unspecified atom stereocenters. The van der Waals surface area contributed by atoms with Crippen molar-refractivity contribution in [3.63, 3.8) is 0 Å². The third-order valence-electron chi connectivity index (χ3n) is 4.80. The van der Waals surface area contributed by atoms with Crippen molar-refractivity contribution in [2.45, 2.75) is 19.8 Å². The molecule has 0 aromatic carbocycles. The number of nitrogens with zero attached hydrogens (tertiary/aromatic N) is 1. The van der Waals surface area contributed by atoms with Crippen molar-refractivity contribution in [2.24, 2.45) is 5.92 Å². The summed E-state index contributed by atoms with van der Waals surface area (Å²) >= 11 is 0. The SMILES string of the molecule is CC(CC=O)C(=O)N(C)CCOCCOCCOCCOCCOCCOCCOCCOCCC=O. The maximum absolute atomic E-state index is 11.9. The van der Waals surface area contributed by atoms with Crippen molar-refractivity contribution in [1.82, 2.24) is 4.90 Å². The van der Waals surface area contributed by atoms with E-state index in [1.165, 1.54) is 0 Å². The monoisotopic (exact) mass is 537 g/mol. The lowest BCUT2D eigenvalue weighted by molar-refractivity contribution is -0.135. The van der Waals surface area contributed by atoms with E-state index in [4.69, 9.17) is 37.9 Å². The molecule has 0 saturated heterocycles. The van der Waals surface area contributed by atoms with Crippen LogP contribution in [-0.2, 0) is 52.3 Å². The highest BCUT2D eigenvalue weighted by molar-refractivity contribution is 5.80. The van der Waals surface area contributed by atoms with Crippen molar-refractivity contribution >= 4 is 18.5 Å². The van der Waals surface area contributed by atoms with E-state index < -0.39 is 0 Å². The number of aldehydes is 2. The second-order valence-electron chi connectivity index (χ2n) is 7.92. The Morgan fingerprint density at radius 3 is 1.22 bits per heavy atom. The Morgan fingerprint density at radius 1 is 0.568 bits per heavy atom. The van der Waals surface area contributed by atoms with Crippen molar-refractivity contribution < 1.29 is 52.3 Å². The molecule has 0 radical (unpaired) electrons. The van der Waals surface area contributed by atoms with Gasteiger partial charge in [0.1, 0.15) is 12.6 Å². The number of rotatable bonds is 30. The van der Waals surface area contributed by atoms with Crippen LogP contribution in [0.1, 0.15) is 19.8 Å². The molecule has 0 aliphatic carbocycles. The highest BCUT2D eigenvalue weighted by Gasteiger charge is 2.16. The van der Waals surface area contributed by atoms with Gasteiger partial charge in [0.25, 0.3) is 0 Å². The molecule has 12 nitrogen and oxygen atoms in total. The summed E-state index contributed by atoms with van der Waals surface area (Å²) in [4.78, 5) is 34.1. The van der Waals surface area contributed by atoms with Crippen LogP contribution >= 0.6 is 0 Å². The summed E-state index contributed by atoms with van der Waals surface area (Å²) in [5.41, 5.74) is 0. The van der Waals surface area contributed by atoms with Gasteiger partial charge in [-0.15, -0.1) is 0 Å². The van der Waals surface area contributed by atoms with Crippen molar-refractivity contribution in [3.8, 4) is 0 Å². The van der Waals surface area contributed by atoms with Gasteiger partial charge in [0.05, 0.1) is 106 Å². The molecule has 0 rings (SSSR count). The normalized spacial score (nSPS) is 11.9. The summed E-state index contributed by atoms with van der Waals surface area (Å²) in [6, 6.07) is 0. The number of ether oxygens (including phenoxy) is 8. The van der Waals surface area contributed by atoms with E-state index in [1.54, 1.807) is 18.9 Å². The summed E-state index contributed by atoms with van der Waals surface area (Å²) in [5.74, 6) is -0.360. The van der Waals surface area contributed by atoms with Gasteiger partial charge in [-0.25, -0.2) is 0 Å². The number of carbonyl (C=O) groups excluding carboxylic acids is 3. The maximum Gasteiger partial charge on any atom is 0.225 e. The molecule has 218 valence electrons. The number of likely N-dealkylation sites (N-methyl/N-ethyl adjacent to an activating group) is 1. The average molecular weight is 538 g/mol. The third-order valence-corrected chi connectivity index (χ3v) is 4.80. The summed E-state index contributed by atoms with van der Waals surface area (Å²) in [6.45, 7) is 9.75. The fourth-order valence-electron chi connectivity index (χ4n) is 2.71. The lowest BCUT2D eigenvalue weighted by Gasteiger charge is -2.20. The van der Waals surface area contributed by atoms with Gasteiger partial charge in [-0.1, -0.05) is 6.92 Å². The molecular formula is C25H47NO11. The van der Waals surface area contributed by atoms with Crippen molar-refractivity contribution in [3.05, 3.63) is 0 Å². The van der Waals surface area contributed by atoms with Crippen LogP contribution in [0.4, 0.5) is 0 Å². The van der Waals surface area contributed by atoms with E-state index in [2.05, 4.69) is 0 Å². The molecule has 0 heterocycles. The molecule has 1 atom stereocenters. The molecular weight excluding hydrogens is 490 g/mol. The summed E-state index contributed by atoms with van der Waals surface area (Å²) in [6.07, 6.45) is 2.23. The zero-order valence-corrected chi connectivity index (χ0v) is 22.6. The zero-order valence-electron chi connectivity index (χ0n) is 22.6. The van der Waals surface area contributed by atoms with Crippen LogP contribution in [-0.4, -0.2) is 143 Å². The number of hydrogen-bond donors (Lipinski definition) is 0. The quantitative estimate of drug-likeness (QED) is 0.0932. The molecule has 0 spiro atoms. The molecule has 1 amide bonds. The molecule has 0 aliphatic heterocycles. The Morgan fingerprint density at radius 2 is 0.892 bits per heavy atom. The minimum Gasteiger partial charge on any atom is -0.379 e. The van der Waals surface area contributed by atoms with Gasteiger partial charge in [-0.05, 0) is 0 Å². The van der Waals surface area contributed by atoms with Crippen LogP contribution in [0, 0.1) is 5.92 Å². The Bertz CT molecular complexity index is 525. The standard InChI is InChI=1S/C25H47NO11/c1-24(4-7-28)25(29)26(2)5-9-31-11-13-33-15-17-35-19-21-37-23-22-36-20-18-34-16-14-32-12-10-30-8-3-6-27/h6-7,24H,3-5,8-23H2,1-2H3. The Hall–Kier alpha value is -1.51. The zero-order chi connectivity index (χ0) is 27.2. The fraction of sp³-hybridized carbons (Fsp3) is 0.880. The number of hydrogen-bond acceptors (Lipinski definition) is 11. The minimum atomic E-state index is -0.300. The van der Waals surface area contributed by atoms with Crippen LogP contribution in [0.2, 0.25) is 0 Å². The molecule has 0 aromatic heterocycles. The highest BCUT2D eigenvalue weighted by atomic mass is 16.6. The first-order valence-corrected chi connectivity index (χ1v) is 12.9. The second-order valence-corrected chi connectivity index (χ2v) is 7.92. The molecule has 0 aliphatic rings. The maximum atomic E-state index is 11.9. The number of carbonyl (C=O) groups is 3. The molecule has 0 aromatic rings. The molecule has 0 N–H and O–H groups in total. The fourth-order valence-corrected chi connectivity index (χ4v) is 2.71. The first-order valence-electron chi connectivity index (χ1n) is 12.9. The van der Waals surface area contributed by atoms with Crippen LogP contribution in [0.5, 0.6) is 0 Å². The van der Waals surface area contributed by atoms with Gasteiger partial charge < -0.3 is 52.4 Å². The van der Waals surface area contributed by atoms with Gasteiger partial charge in [0, 0.05) is 32.4 Å². The minimum absolute atomic E-state index is 0.0594. The van der Waals surface area contributed by atoms with Gasteiger partial charge in [0.2, 0.25) is 5.91 Å². The molecule has 12 heteroatoms. The Labute approximate surface area is 221 Å². The molecule has 0 bridgehead atoms. The Balaban J connectivity index is 3.18.